The molecule has 3 rings (SSSR count). The summed E-state index contributed by atoms with van der Waals surface area (Å²) in [4.78, 5) is 24.2. The Morgan fingerprint density at radius 1 is 1.12 bits per heavy atom. The van der Waals surface area contributed by atoms with Gasteiger partial charge in [0.15, 0.2) is 5.78 Å². The van der Waals surface area contributed by atoms with Gasteiger partial charge in [0.2, 0.25) is 5.89 Å². The summed E-state index contributed by atoms with van der Waals surface area (Å²) in [6.07, 6.45) is 1.99. The van der Waals surface area contributed by atoms with Gasteiger partial charge in [0, 0.05) is 11.1 Å². The van der Waals surface area contributed by atoms with E-state index in [1.807, 2.05) is 12.1 Å². The van der Waals surface area contributed by atoms with Crippen molar-refractivity contribution >= 4 is 5.78 Å². The van der Waals surface area contributed by atoms with Gasteiger partial charge in [-0.15, -0.1) is 5.10 Å². The number of carbonyl (C=O) groups excluding carboxylic acids is 1. The zero-order chi connectivity index (χ0) is 17.8. The Kier molecular flexibility index (Phi) is 4.88. The molecule has 0 aliphatic heterocycles. The molecule has 3 aromatic rings. The van der Waals surface area contributed by atoms with Gasteiger partial charge in [-0.1, -0.05) is 37.6 Å². The van der Waals surface area contributed by atoms with Gasteiger partial charge in [-0.05, 0) is 36.2 Å². The smallest absolute Gasteiger partial charge is 0.388 e. The van der Waals surface area contributed by atoms with Crippen molar-refractivity contribution in [2.45, 2.75) is 26.3 Å². The first-order valence-electron chi connectivity index (χ1n) is 8.03. The number of rotatable bonds is 6. The van der Waals surface area contributed by atoms with E-state index in [0.29, 0.717) is 11.1 Å². The van der Waals surface area contributed by atoms with Crippen LogP contribution in [0.4, 0.5) is 4.39 Å². The van der Waals surface area contributed by atoms with Gasteiger partial charge in [-0.2, -0.15) is 4.68 Å². The monoisotopic (exact) mass is 340 g/mol. The number of aryl methyl sites for hydroxylation is 1. The minimum Gasteiger partial charge on any atom is -0.388 e. The number of nitrogens with zero attached hydrogens (tertiary/aromatic N) is 2. The van der Waals surface area contributed by atoms with Crippen molar-refractivity contribution in [3.63, 3.8) is 0 Å². The third kappa shape index (κ3) is 3.91. The van der Waals surface area contributed by atoms with Crippen LogP contribution in [0.15, 0.2) is 57.7 Å². The number of ketones is 1. The Balaban J connectivity index is 1.77. The predicted molar refractivity (Wildman–Crippen MR) is 90.9 cm³/mol. The summed E-state index contributed by atoms with van der Waals surface area (Å²) in [6, 6.07) is 12.7. The molecular formula is C19H17FN2O3. The van der Waals surface area contributed by atoms with Crippen LogP contribution in [-0.4, -0.2) is 15.6 Å². The van der Waals surface area contributed by atoms with Crippen LogP contribution >= 0.6 is 0 Å². The van der Waals surface area contributed by atoms with Crippen LogP contribution < -0.4 is 5.76 Å². The molecule has 0 saturated carbocycles. The van der Waals surface area contributed by atoms with Crippen LogP contribution in [0.5, 0.6) is 0 Å². The lowest BCUT2D eigenvalue weighted by molar-refractivity contribution is 0.0965. The molecule has 5 nitrogen and oxygen atoms in total. The quantitative estimate of drug-likeness (QED) is 0.645. The van der Waals surface area contributed by atoms with E-state index in [9.17, 15) is 14.0 Å². The highest BCUT2D eigenvalue weighted by atomic mass is 19.1. The molecule has 0 fully saturated rings. The van der Waals surface area contributed by atoms with E-state index in [-0.39, 0.29) is 18.2 Å². The van der Waals surface area contributed by atoms with Crippen molar-refractivity contribution in [2.24, 2.45) is 0 Å². The summed E-state index contributed by atoms with van der Waals surface area (Å²) < 4.78 is 19.0. The van der Waals surface area contributed by atoms with Crippen molar-refractivity contribution < 1.29 is 13.6 Å². The van der Waals surface area contributed by atoms with Crippen molar-refractivity contribution in [3.05, 3.63) is 76.0 Å². The molecule has 1 heterocycles. The zero-order valence-electron chi connectivity index (χ0n) is 13.7. The second kappa shape index (κ2) is 7.25. The van der Waals surface area contributed by atoms with Gasteiger partial charge in [-0.25, -0.2) is 9.18 Å². The molecule has 128 valence electrons. The zero-order valence-corrected chi connectivity index (χ0v) is 13.7. The number of Topliss-reactive ketones (excluding diaryl/α,β-unsaturated/α-hetero) is 1. The third-order valence-corrected chi connectivity index (χ3v) is 3.81. The molecule has 0 amide bonds. The second-order valence-corrected chi connectivity index (χ2v) is 5.71. The number of hydrogen-bond donors (Lipinski definition) is 0. The van der Waals surface area contributed by atoms with Crippen molar-refractivity contribution in [2.75, 3.05) is 0 Å². The number of hydrogen-bond acceptors (Lipinski definition) is 4. The highest BCUT2D eigenvalue weighted by Gasteiger charge is 2.14. The minimum absolute atomic E-state index is 0.0519. The van der Waals surface area contributed by atoms with Crippen LogP contribution in [0, 0.1) is 5.82 Å². The Morgan fingerprint density at radius 2 is 1.80 bits per heavy atom. The molecule has 0 unspecified atom stereocenters. The predicted octanol–water partition coefficient (Wildman–Crippen LogP) is 3.48. The number of carbonyl (C=O) groups is 1. The molecular weight excluding hydrogens is 323 g/mol. The Morgan fingerprint density at radius 3 is 2.44 bits per heavy atom. The molecule has 2 aromatic carbocycles. The van der Waals surface area contributed by atoms with E-state index < -0.39 is 11.6 Å². The lowest BCUT2D eigenvalue weighted by Crippen LogP contribution is -2.21. The first-order chi connectivity index (χ1) is 12.1. The van der Waals surface area contributed by atoms with E-state index >= 15 is 0 Å². The topological polar surface area (TPSA) is 65.1 Å². The molecule has 0 saturated heterocycles. The van der Waals surface area contributed by atoms with Crippen LogP contribution in [0.3, 0.4) is 0 Å². The van der Waals surface area contributed by atoms with Crippen molar-refractivity contribution in [3.8, 4) is 11.5 Å². The molecule has 0 atom stereocenters. The highest BCUT2D eigenvalue weighted by molar-refractivity contribution is 5.95. The molecule has 0 aliphatic carbocycles. The summed E-state index contributed by atoms with van der Waals surface area (Å²) >= 11 is 0. The van der Waals surface area contributed by atoms with E-state index in [1.54, 1.807) is 12.1 Å². The van der Waals surface area contributed by atoms with Gasteiger partial charge >= 0.3 is 5.76 Å². The maximum absolute atomic E-state index is 13.0. The summed E-state index contributed by atoms with van der Waals surface area (Å²) in [5, 5.41) is 4.02. The second-order valence-electron chi connectivity index (χ2n) is 5.71. The maximum atomic E-state index is 13.0. The Labute approximate surface area is 143 Å². The summed E-state index contributed by atoms with van der Waals surface area (Å²) in [5.74, 6) is -1.30. The third-order valence-electron chi connectivity index (χ3n) is 3.81. The fraction of sp³-hybridized carbons (Fsp3) is 0.211. The van der Waals surface area contributed by atoms with Crippen molar-refractivity contribution in [1.29, 1.82) is 0 Å². The fourth-order valence-electron chi connectivity index (χ4n) is 2.49. The first-order valence-corrected chi connectivity index (χ1v) is 8.03. The largest absolute Gasteiger partial charge is 0.437 e. The lowest BCUT2D eigenvalue weighted by Gasteiger charge is -2.02. The van der Waals surface area contributed by atoms with Gasteiger partial charge in [-0.3, -0.25) is 4.79 Å². The number of benzene rings is 2. The van der Waals surface area contributed by atoms with E-state index in [2.05, 4.69) is 12.0 Å². The molecule has 0 radical (unpaired) electrons. The van der Waals surface area contributed by atoms with Gasteiger partial charge in [0.1, 0.15) is 12.4 Å². The first kappa shape index (κ1) is 16.8. The van der Waals surface area contributed by atoms with Crippen LogP contribution in [-0.2, 0) is 13.0 Å². The SMILES string of the molecule is CCCc1ccc(C(=O)Cn2nc(-c3ccc(F)cc3)oc2=O)cc1. The van der Waals surface area contributed by atoms with E-state index in [0.717, 1.165) is 23.1 Å². The van der Waals surface area contributed by atoms with Gasteiger partial charge < -0.3 is 4.42 Å². The van der Waals surface area contributed by atoms with Gasteiger partial charge in [0.05, 0.1) is 0 Å². The number of aromatic nitrogens is 2. The average Bonchev–Trinajstić information content (AvgIpc) is 2.97. The number of halogens is 1. The Hall–Kier alpha value is -3.02. The summed E-state index contributed by atoms with van der Waals surface area (Å²) in [6.45, 7) is 1.88. The molecule has 6 heteroatoms. The lowest BCUT2D eigenvalue weighted by atomic mass is 10.1. The highest BCUT2D eigenvalue weighted by Crippen LogP contribution is 2.16. The van der Waals surface area contributed by atoms with Crippen molar-refractivity contribution in [1.82, 2.24) is 9.78 Å². The van der Waals surface area contributed by atoms with Crippen LogP contribution in [0.2, 0.25) is 0 Å². The molecule has 0 N–H and O–H groups in total. The molecule has 0 spiro atoms. The maximum Gasteiger partial charge on any atom is 0.437 e. The van der Waals surface area contributed by atoms with Crippen LogP contribution in [0.25, 0.3) is 11.5 Å². The molecule has 0 aliphatic rings. The molecule has 0 bridgehead atoms. The summed E-state index contributed by atoms with van der Waals surface area (Å²) in [5.41, 5.74) is 2.14. The summed E-state index contributed by atoms with van der Waals surface area (Å²) in [7, 11) is 0. The van der Waals surface area contributed by atoms with Crippen LogP contribution in [0.1, 0.15) is 29.3 Å². The van der Waals surface area contributed by atoms with E-state index in [4.69, 9.17) is 4.42 Å². The Bertz CT molecular complexity index is 925. The standard InChI is InChI=1S/C19H17FN2O3/c1-2-3-13-4-6-14(7-5-13)17(23)12-22-19(24)25-18(21-22)15-8-10-16(20)11-9-15/h4-11H,2-3,12H2,1H3. The van der Waals surface area contributed by atoms with E-state index in [1.165, 1.54) is 24.3 Å². The molecule has 25 heavy (non-hydrogen) atoms. The average molecular weight is 340 g/mol. The van der Waals surface area contributed by atoms with Gasteiger partial charge in [0.25, 0.3) is 0 Å². The normalized spacial score (nSPS) is 10.8. The minimum atomic E-state index is -0.727. The molecule has 1 aromatic heterocycles. The fourth-order valence-corrected chi connectivity index (χ4v) is 2.49.